The molecule has 1 amide bonds. The molecule has 0 saturated carbocycles. The van der Waals surface area contributed by atoms with Gasteiger partial charge >= 0.3 is 6.61 Å². The number of hydrogen-bond acceptors (Lipinski definition) is 6. The highest BCUT2D eigenvalue weighted by molar-refractivity contribution is 7.14. The van der Waals surface area contributed by atoms with E-state index in [0.717, 1.165) is 5.52 Å². The number of rotatable bonds is 6. The number of alkyl halides is 2. The van der Waals surface area contributed by atoms with Crippen molar-refractivity contribution >= 4 is 33.4 Å². The Kier molecular flexibility index (Phi) is 4.94. The van der Waals surface area contributed by atoms with Gasteiger partial charge in [0.25, 0.3) is 0 Å². The number of hydrogen-bond donors (Lipinski definition) is 1. The van der Waals surface area contributed by atoms with Gasteiger partial charge in [-0.05, 0) is 24.3 Å². The highest BCUT2D eigenvalue weighted by Crippen LogP contribution is 2.33. The lowest BCUT2D eigenvalue weighted by molar-refractivity contribution is -0.116. The second kappa shape index (κ2) is 7.69. The van der Waals surface area contributed by atoms with Crippen molar-refractivity contribution in [1.82, 2.24) is 20.0 Å². The maximum absolute atomic E-state index is 12.6. The number of fused-ring (bicyclic) bond motifs is 1. The van der Waals surface area contributed by atoms with Crippen LogP contribution in [0, 0.1) is 0 Å². The summed E-state index contributed by atoms with van der Waals surface area (Å²) in [4.78, 5) is 16.6. The Labute approximate surface area is 161 Å². The fourth-order valence-corrected chi connectivity index (χ4v) is 3.39. The molecule has 2 aromatic heterocycles. The SMILES string of the molecule is O=C(Cn1nnc2ccccc21)Nc1nc(-c2ccccc2OC(F)F)cs1. The molecule has 0 saturated heterocycles. The molecule has 10 heteroatoms. The number of nitrogens with zero attached hydrogens (tertiary/aromatic N) is 4. The molecule has 2 aromatic carbocycles. The Hall–Kier alpha value is -3.40. The Morgan fingerprint density at radius 2 is 1.96 bits per heavy atom. The molecule has 0 bridgehead atoms. The number of nitrogens with one attached hydrogen (secondary N) is 1. The van der Waals surface area contributed by atoms with Crippen LogP contribution in [0.4, 0.5) is 13.9 Å². The predicted molar refractivity (Wildman–Crippen MR) is 100 cm³/mol. The first-order valence-corrected chi connectivity index (χ1v) is 9.06. The van der Waals surface area contributed by atoms with Crippen LogP contribution < -0.4 is 10.1 Å². The topological polar surface area (TPSA) is 81.9 Å². The van der Waals surface area contributed by atoms with E-state index in [0.29, 0.717) is 21.9 Å². The normalized spacial score (nSPS) is 11.1. The molecule has 0 atom stereocenters. The minimum absolute atomic E-state index is 0.0229. The highest BCUT2D eigenvalue weighted by Gasteiger charge is 2.15. The average Bonchev–Trinajstić information content (AvgIpc) is 3.29. The quantitative estimate of drug-likeness (QED) is 0.532. The van der Waals surface area contributed by atoms with Gasteiger partial charge in [-0.1, -0.05) is 29.5 Å². The molecule has 1 N–H and O–H groups in total. The van der Waals surface area contributed by atoms with Crippen LogP contribution in [0.15, 0.2) is 53.9 Å². The average molecular weight is 401 g/mol. The fraction of sp³-hybridized carbons (Fsp3) is 0.111. The summed E-state index contributed by atoms with van der Waals surface area (Å²) in [6, 6.07) is 13.7. The lowest BCUT2D eigenvalue weighted by Gasteiger charge is -2.08. The predicted octanol–water partition coefficient (Wildman–Crippen LogP) is 3.79. The van der Waals surface area contributed by atoms with E-state index in [1.165, 1.54) is 22.1 Å². The standard InChI is InChI=1S/C18H13F2N5O2S/c19-17(20)27-15-8-4-1-5-11(15)13-10-28-18(21-13)22-16(26)9-25-14-7-3-2-6-12(14)23-24-25/h1-8,10,17H,9H2,(H,21,22,26). The molecule has 0 spiro atoms. The van der Waals surface area contributed by atoms with E-state index in [1.807, 2.05) is 24.3 Å². The molecular weight excluding hydrogens is 388 g/mol. The first-order chi connectivity index (χ1) is 13.6. The summed E-state index contributed by atoms with van der Waals surface area (Å²) in [7, 11) is 0. The van der Waals surface area contributed by atoms with Crippen molar-refractivity contribution in [2.24, 2.45) is 0 Å². The second-order valence-corrected chi connectivity index (χ2v) is 6.55. The van der Waals surface area contributed by atoms with Crippen LogP contribution in [-0.4, -0.2) is 32.5 Å². The molecule has 2 heterocycles. The third-order valence-electron chi connectivity index (χ3n) is 3.84. The number of carbonyl (C=O) groups excluding carboxylic acids is 1. The summed E-state index contributed by atoms with van der Waals surface area (Å²) < 4.78 is 31.2. The Morgan fingerprint density at radius 1 is 1.18 bits per heavy atom. The molecule has 4 rings (SSSR count). The summed E-state index contributed by atoms with van der Waals surface area (Å²) in [6.45, 7) is -2.96. The second-order valence-electron chi connectivity index (χ2n) is 5.70. The first-order valence-electron chi connectivity index (χ1n) is 8.18. The third-order valence-corrected chi connectivity index (χ3v) is 4.60. The molecule has 0 aliphatic rings. The van der Waals surface area contributed by atoms with Crippen LogP contribution in [0.1, 0.15) is 0 Å². The molecular formula is C18H13F2N5O2S. The zero-order valence-electron chi connectivity index (χ0n) is 14.3. The summed E-state index contributed by atoms with van der Waals surface area (Å²) in [5, 5.41) is 12.7. The van der Waals surface area contributed by atoms with Crippen molar-refractivity contribution in [3.63, 3.8) is 0 Å². The number of anilines is 1. The number of ether oxygens (including phenoxy) is 1. The lowest BCUT2D eigenvalue weighted by Crippen LogP contribution is -2.19. The minimum atomic E-state index is -2.93. The van der Waals surface area contributed by atoms with Gasteiger partial charge in [-0.15, -0.1) is 16.4 Å². The number of amides is 1. The Balaban J connectivity index is 1.49. The number of aromatic nitrogens is 4. The van der Waals surface area contributed by atoms with E-state index in [-0.39, 0.29) is 18.2 Å². The van der Waals surface area contributed by atoms with E-state index in [4.69, 9.17) is 0 Å². The zero-order valence-corrected chi connectivity index (χ0v) is 15.1. The van der Waals surface area contributed by atoms with Gasteiger partial charge in [-0.3, -0.25) is 4.79 Å². The lowest BCUT2D eigenvalue weighted by atomic mass is 10.1. The van der Waals surface area contributed by atoms with Crippen LogP contribution in [-0.2, 0) is 11.3 Å². The van der Waals surface area contributed by atoms with Crippen LogP contribution >= 0.6 is 11.3 Å². The van der Waals surface area contributed by atoms with Crippen molar-refractivity contribution in [3.05, 3.63) is 53.9 Å². The van der Waals surface area contributed by atoms with Gasteiger partial charge < -0.3 is 10.1 Å². The minimum Gasteiger partial charge on any atom is -0.434 e. The molecule has 142 valence electrons. The van der Waals surface area contributed by atoms with Gasteiger partial charge in [0.05, 0.1) is 11.2 Å². The van der Waals surface area contributed by atoms with Gasteiger partial charge in [-0.25, -0.2) is 9.67 Å². The van der Waals surface area contributed by atoms with Gasteiger partial charge in [0, 0.05) is 10.9 Å². The highest BCUT2D eigenvalue weighted by atomic mass is 32.1. The van der Waals surface area contributed by atoms with Crippen molar-refractivity contribution in [3.8, 4) is 17.0 Å². The third kappa shape index (κ3) is 3.81. The number of halogens is 2. The van der Waals surface area contributed by atoms with Crippen LogP contribution in [0.5, 0.6) is 5.75 Å². The van der Waals surface area contributed by atoms with Crippen LogP contribution in [0.25, 0.3) is 22.3 Å². The molecule has 0 aliphatic heterocycles. The molecule has 0 radical (unpaired) electrons. The van der Waals surface area contributed by atoms with Crippen molar-refractivity contribution < 1.29 is 18.3 Å². The molecule has 4 aromatic rings. The maximum Gasteiger partial charge on any atom is 0.387 e. The van der Waals surface area contributed by atoms with Gasteiger partial charge in [0.15, 0.2) is 5.13 Å². The maximum atomic E-state index is 12.6. The molecule has 7 nitrogen and oxygen atoms in total. The summed E-state index contributed by atoms with van der Waals surface area (Å²) in [6.07, 6.45) is 0. The zero-order chi connectivity index (χ0) is 19.5. The van der Waals surface area contributed by atoms with E-state index in [2.05, 4.69) is 25.3 Å². The van der Waals surface area contributed by atoms with Crippen molar-refractivity contribution in [2.45, 2.75) is 13.2 Å². The van der Waals surface area contributed by atoms with Gasteiger partial charge in [0.2, 0.25) is 5.91 Å². The van der Waals surface area contributed by atoms with E-state index in [1.54, 1.807) is 23.6 Å². The summed E-state index contributed by atoms with van der Waals surface area (Å²) in [5.74, 6) is -0.302. The van der Waals surface area contributed by atoms with E-state index >= 15 is 0 Å². The number of benzene rings is 2. The molecule has 28 heavy (non-hydrogen) atoms. The van der Waals surface area contributed by atoms with Crippen LogP contribution in [0.3, 0.4) is 0 Å². The first kappa shape index (κ1) is 18.0. The summed E-state index contributed by atoms with van der Waals surface area (Å²) in [5.41, 5.74) is 2.29. The monoisotopic (exact) mass is 401 g/mol. The largest absolute Gasteiger partial charge is 0.434 e. The van der Waals surface area contributed by atoms with Crippen molar-refractivity contribution in [2.75, 3.05) is 5.32 Å². The Morgan fingerprint density at radius 3 is 2.82 bits per heavy atom. The van der Waals surface area contributed by atoms with Crippen LogP contribution in [0.2, 0.25) is 0 Å². The smallest absolute Gasteiger partial charge is 0.387 e. The van der Waals surface area contributed by atoms with E-state index < -0.39 is 6.61 Å². The Bertz CT molecular complexity index is 1130. The summed E-state index contributed by atoms with van der Waals surface area (Å²) >= 11 is 1.19. The van der Waals surface area contributed by atoms with E-state index in [9.17, 15) is 13.6 Å². The van der Waals surface area contributed by atoms with Crippen molar-refractivity contribution in [1.29, 1.82) is 0 Å². The number of thiazole rings is 1. The molecule has 0 aliphatic carbocycles. The molecule has 0 unspecified atom stereocenters. The molecule has 0 fully saturated rings. The van der Waals surface area contributed by atoms with Gasteiger partial charge in [0.1, 0.15) is 17.8 Å². The number of carbonyl (C=O) groups is 1. The van der Waals surface area contributed by atoms with Gasteiger partial charge in [-0.2, -0.15) is 8.78 Å². The number of para-hydroxylation sites is 2. The fourth-order valence-electron chi connectivity index (χ4n) is 2.66.